The zero-order valence-corrected chi connectivity index (χ0v) is 13.2. The first kappa shape index (κ1) is 17.2. The molecule has 0 aromatic carbocycles. The van der Waals surface area contributed by atoms with Crippen LogP contribution in [0.25, 0.3) is 0 Å². The summed E-state index contributed by atoms with van der Waals surface area (Å²) in [4.78, 5) is 8.36. The average molecular weight is 294 g/mol. The second kappa shape index (κ2) is 10.9. The number of ether oxygens (including phenoxy) is 2. The molecule has 1 aromatic rings. The molecule has 6 heteroatoms. The Bertz CT molecular complexity index is 424. The van der Waals surface area contributed by atoms with Gasteiger partial charge in [-0.15, -0.1) is 0 Å². The first-order valence-corrected chi connectivity index (χ1v) is 7.32. The summed E-state index contributed by atoms with van der Waals surface area (Å²) in [6, 6.07) is 3.87. The van der Waals surface area contributed by atoms with E-state index < -0.39 is 0 Å². The van der Waals surface area contributed by atoms with E-state index in [1.165, 1.54) is 0 Å². The zero-order chi connectivity index (χ0) is 15.3. The van der Waals surface area contributed by atoms with Crippen LogP contribution in [0.4, 0.5) is 0 Å². The number of aliphatic imine (C=N–C) groups is 1. The Balaban J connectivity index is 2.28. The van der Waals surface area contributed by atoms with Gasteiger partial charge in [-0.2, -0.15) is 0 Å². The molecule has 0 aliphatic carbocycles. The SMILES string of the molecule is CCOCCCCNC(=NC)NCc1cccnc1OC. The number of methoxy groups -OCH3 is 1. The molecule has 0 spiro atoms. The minimum Gasteiger partial charge on any atom is -0.481 e. The second-order valence-electron chi connectivity index (χ2n) is 4.43. The van der Waals surface area contributed by atoms with Gasteiger partial charge in [0.1, 0.15) is 0 Å². The van der Waals surface area contributed by atoms with Gasteiger partial charge in [-0.3, -0.25) is 4.99 Å². The first-order chi connectivity index (χ1) is 10.3. The predicted octanol–water partition coefficient (Wildman–Crippen LogP) is 1.57. The Hall–Kier alpha value is -1.82. The highest BCUT2D eigenvalue weighted by molar-refractivity contribution is 5.79. The fourth-order valence-corrected chi connectivity index (χ4v) is 1.82. The topological polar surface area (TPSA) is 67.8 Å². The van der Waals surface area contributed by atoms with Crippen LogP contribution in [-0.4, -0.2) is 44.9 Å². The van der Waals surface area contributed by atoms with Crippen molar-refractivity contribution >= 4 is 5.96 Å². The van der Waals surface area contributed by atoms with Gasteiger partial charge in [0.2, 0.25) is 5.88 Å². The van der Waals surface area contributed by atoms with Crippen molar-refractivity contribution in [3.8, 4) is 5.88 Å². The van der Waals surface area contributed by atoms with E-state index in [-0.39, 0.29) is 0 Å². The van der Waals surface area contributed by atoms with Crippen molar-refractivity contribution in [3.05, 3.63) is 23.9 Å². The number of hydrogen-bond acceptors (Lipinski definition) is 4. The van der Waals surface area contributed by atoms with Gasteiger partial charge >= 0.3 is 0 Å². The van der Waals surface area contributed by atoms with Crippen LogP contribution in [-0.2, 0) is 11.3 Å². The van der Waals surface area contributed by atoms with Crippen molar-refractivity contribution in [2.45, 2.75) is 26.3 Å². The largest absolute Gasteiger partial charge is 0.481 e. The van der Waals surface area contributed by atoms with E-state index in [9.17, 15) is 0 Å². The minimum absolute atomic E-state index is 0.621. The van der Waals surface area contributed by atoms with E-state index in [4.69, 9.17) is 9.47 Å². The predicted molar refractivity (Wildman–Crippen MR) is 84.7 cm³/mol. The molecule has 0 bridgehead atoms. The molecule has 0 fully saturated rings. The van der Waals surface area contributed by atoms with Crippen LogP contribution in [0.2, 0.25) is 0 Å². The first-order valence-electron chi connectivity index (χ1n) is 7.32. The molecule has 21 heavy (non-hydrogen) atoms. The van der Waals surface area contributed by atoms with Crippen molar-refractivity contribution in [3.63, 3.8) is 0 Å². The van der Waals surface area contributed by atoms with Crippen molar-refractivity contribution in [2.24, 2.45) is 4.99 Å². The number of rotatable bonds is 9. The molecule has 1 aromatic heterocycles. The average Bonchev–Trinajstić information content (AvgIpc) is 2.53. The van der Waals surface area contributed by atoms with Gasteiger partial charge in [-0.25, -0.2) is 4.98 Å². The number of nitrogens with zero attached hydrogens (tertiary/aromatic N) is 2. The van der Waals surface area contributed by atoms with Gasteiger partial charge in [-0.1, -0.05) is 6.07 Å². The van der Waals surface area contributed by atoms with Crippen LogP contribution in [0.15, 0.2) is 23.3 Å². The third-order valence-corrected chi connectivity index (χ3v) is 2.93. The van der Waals surface area contributed by atoms with Gasteiger partial charge in [-0.05, 0) is 25.8 Å². The van der Waals surface area contributed by atoms with Crippen LogP contribution in [0.1, 0.15) is 25.3 Å². The Labute approximate surface area is 127 Å². The fourth-order valence-electron chi connectivity index (χ4n) is 1.82. The lowest BCUT2D eigenvalue weighted by molar-refractivity contribution is 0.143. The molecule has 0 radical (unpaired) electrons. The minimum atomic E-state index is 0.621. The van der Waals surface area contributed by atoms with Crippen molar-refractivity contribution in [1.29, 1.82) is 0 Å². The molecular formula is C15H26N4O2. The third-order valence-electron chi connectivity index (χ3n) is 2.93. The summed E-state index contributed by atoms with van der Waals surface area (Å²) >= 11 is 0. The Morgan fingerprint density at radius 3 is 2.90 bits per heavy atom. The molecule has 0 aliphatic heterocycles. The zero-order valence-electron chi connectivity index (χ0n) is 13.2. The van der Waals surface area contributed by atoms with E-state index in [1.807, 2.05) is 19.1 Å². The maximum Gasteiger partial charge on any atom is 0.218 e. The van der Waals surface area contributed by atoms with Crippen LogP contribution < -0.4 is 15.4 Å². The van der Waals surface area contributed by atoms with Crippen LogP contribution in [0, 0.1) is 0 Å². The molecule has 0 saturated carbocycles. The number of unbranched alkanes of at least 4 members (excludes halogenated alkanes) is 1. The van der Waals surface area contributed by atoms with Gasteiger partial charge in [0.15, 0.2) is 5.96 Å². The molecular weight excluding hydrogens is 268 g/mol. The van der Waals surface area contributed by atoms with E-state index >= 15 is 0 Å². The highest BCUT2D eigenvalue weighted by atomic mass is 16.5. The fraction of sp³-hybridized carbons (Fsp3) is 0.600. The van der Waals surface area contributed by atoms with Crippen molar-refractivity contribution in [1.82, 2.24) is 15.6 Å². The van der Waals surface area contributed by atoms with Crippen LogP contribution >= 0.6 is 0 Å². The quantitative estimate of drug-likeness (QED) is 0.411. The standard InChI is InChI=1S/C15H26N4O2/c1-4-21-11-6-5-9-18-15(16-2)19-12-13-8-7-10-17-14(13)20-3/h7-8,10H,4-6,9,11-12H2,1-3H3,(H2,16,18,19). The molecule has 0 unspecified atom stereocenters. The highest BCUT2D eigenvalue weighted by Crippen LogP contribution is 2.12. The summed E-state index contributed by atoms with van der Waals surface area (Å²) in [5.41, 5.74) is 0.999. The maximum atomic E-state index is 5.30. The van der Waals surface area contributed by atoms with E-state index in [1.54, 1.807) is 20.4 Å². The number of pyridine rings is 1. The molecule has 0 atom stereocenters. The monoisotopic (exact) mass is 294 g/mol. The number of nitrogens with one attached hydrogen (secondary N) is 2. The maximum absolute atomic E-state index is 5.30. The van der Waals surface area contributed by atoms with Gasteiger partial charge in [0.25, 0.3) is 0 Å². The lowest BCUT2D eigenvalue weighted by Crippen LogP contribution is -2.37. The smallest absolute Gasteiger partial charge is 0.218 e. The molecule has 118 valence electrons. The second-order valence-corrected chi connectivity index (χ2v) is 4.43. The van der Waals surface area contributed by atoms with Crippen LogP contribution in [0.3, 0.4) is 0 Å². The Morgan fingerprint density at radius 1 is 1.33 bits per heavy atom. The van der Waals surface area contributed by atoms with Gasteiger partial charge in [0, 0.05) is 45.1 Å². The normalized spacial score (nSPS) is 11.3. The van der Waals surface area contributed by atoms with E-state index in [2.05, 4.69) is 20.6 Å². The summed E-state index contributed by atoms with van der Waals surface area (Å²) in [5, 5.41) is 6.53. The molecule has 0 saturated heterocycles. The summed E-state index contributed by atoms with van der Waals surface area (Å²) < 4.78 is 10.5. The summed E-state index contributed by atoms with van der Waals surface area (Å²) in [5.74, 6) is 1.41. The van der Waals surface area contributed by atoms with Gasteiger partial charge < -0.3 is 20.1 Å². The number of hydrogen-bond donors (Lipinski definition) is 2. The van der Waals surface area contributed by atoms with E-state index in [0.29, 0.717) is 12.4 Å². The summed E-state index contributed by atoms with van der Waals surface area (Å²) in [7, 11) is 3.38. The lowest BCUT2D eigenvalue weighted by Gasteiger charge is -2.13. The number of aromatic nitrogens is 1. The van der Waals surface area contributed by atoms with Crippen LogP contribution in [0.5, 0.6) is 5.88 Å². The molecule has 1 heterocycles. The summed E-state index contributed by atoms with van der Waals surface area (Å²) in [6.07, 6.45) is 3.82. The van der Waals surface area contributed by atoms with Crippen molar-refractivity contribution in [2.75, 3.05) is 33.9 Å². The molecule has 0 aliphatic rings. The Kier molecular flexibility index (Phi) is 8.95. The van der Waals surface area contributed by atoms with Gasteiger partial charge in [0.05, 0.1) is 7.11 Å². The highest BCUT2D eigenvalue weighted by Gasteiger charge is 2.04. The van der Waals surface area contributed by atoms with Crippen molar-refractivity contribution < 1.29 is 9.47 Å². The molecule has 0 amide bonds. The third kappa shape index (κ3) is 6.94. The molecule has 6 nitrogen and oxygen atoms in total. The number of guanidine groups is 1. The van der Waals surface area contributed by atoms with E-state index in [0.717, 1.165) is 44.1 Å². The lowest BCUT2D eigenvalue weighted by atomic mass is 10.2. The molecule has 1 rings (SSSR count). The molecule has 2 N–H and O–H groups in total. The summed E-state index contributed by atoms with van der Waals surface area (Å²) in [6.45, 7) is 5.10. The Morgan fingerprint density at radius 2 is 2.19 bits per heavy atom.